The summed E-state index contributed by atoms with van der Waals surface area (Å²) in [6.07, 6.45) is 1.48. The van der Waals surface area contributed by atoms with Crippen LogP contribution in [0.3, 0.4) is 0 Å². The minimum atomic E-state index is -0.378. The van der Waals surface area contributed by atoms with Gasteiger partial charge in [-0.15, -0.1) is 11.3 Å². The summed E-state index contributed by atoms with van der Waals surface area (Å²) in [7, 11) is 0. The Bertz CT molecular complexity index is 1060. The normalized spacial score (nSPS) is 10.7. The van der Waals surface area contributed by atoms with E-state index < -0.39 is 0 Å². The van der Waals surface area contributed by atoms with Crippen molar-refractivity contribution in [1.82, 2.24) is 15.3 Å². The van der Waals surface area contributed by atoms with Crippen molar-refractivity contribution in [3.8, 4) is 6.07 Å². The van der Waals surface area contributed by atoms with Crippen LogP contribution in [-0.4, -0.2) is 22.4 Å². The van der Waals surface area contributed by atoms with Crippen molar-refractivity contribution in [2.45, 2.75) is 33.1 Å². The number of hydrogen-bond acceptors (Lipinski definition) is 5. The largest absolute Gasteiger partial charge is 0.356 e. The van der Waals surface area contributed by atoms with Crippen LogP contribution in [-0.2, 0) is 17.6 Å². The number of amides is 1. The first-order valence-electron chi connectivity index (χ1n) is 8.73. The Morgan fingerprint density at radius 2 is 2.07 bits per heavy atom. The van der Waals surface area contributed by atoms with Crippen LogP contribution in [0.4, 0.5) is 0 Å². The van der Waals surface area contributed by atoms with Gasteiger partial charge in [-0.3, -0.25) is 9.59 Å². The van der Waals surface area contributed by atoms with Gasteiger partial charge in [0, 0.05) is 25.1 Å². The van der Waals surface area contributed by atoms with Crippen LogP contribution < -0.4 is 10.9 Å². The third-order valence-electron chi connectivity index (χ3n) is 4.52. The second-order valence-electron chi connectivity index (χ2n) is 6.34. The monoisotopic (exact) mass is 380 g/mol. The molecule has 0 unspecified atom stereocenters. The Balaban J connectivity index is 1.54. The Hall–Kier alpha value is -2.98. The molecule has 0 atom stereocenters. The second-order valence-corrected chi connectivity index (χ2v) is 7.46. The molecule has 1 amide bonds. The third-order valence-corrected chi connectivity index (χ3v) is 5.62. The summed E-state index contributed by atoms with van der Waals surface area (Å²) in [5.41, 5.74) is 2.94. The van der Waals surface area contributed by atoms with Crippen LogP contribution in [0.1, 0.15) is 33.8 Å². The van der Waals surface area contributed by atoms with E-state index in [9.17, 15) is 9.59 Å². The molecular formula is C20H20N4O2S. The van der Waals surface area contributed by atoms with E-state index in [1.165, 1.54) is 0 Å². The molecule has 0 radical (unpaired) electrons. The lowest BCUT2D eigenvalue weighted by Crippen LogP contribution is -2.26. The van der Waals surface area contributed by atoms with Gasteiger partial charge in [-0.25, -0.2) is 4.98 Å². The molecule has 6 nitrogen and oxygen atoms in total. The molecule has 0 saturated carbocycles. The predicted molar refractivity (Wildman–Crippen MR) is 106 cm³/mol. The lowest BCUT2D eigenvalue weighted by molar-refractivity contribution is -0.121. The summed E-state index contributed by atoms with van der Waals surface area (Å²) < 4.78 is 1.15. The smallest absolute Gasteiger partial charge is 0.266 e. The number of carbonyl (C=O) groups is 1. The van der Waals surface area contributed by atoms with E-state index in [4.69, 9.17) is 5.26 Å². The molecule has 0 fully saturated rings. The molecule has 0 aliphatic heterocycles. The fraction of sp³-hybridized carbons (Fsp3) is 0.300. The topological polar surface area (TPSA) is 98.6 Å². The molecule has 0 spiro atoms. The molecule has 2 heterocycles. The molecule has 0 aliphatic rings. The number of pyridine rings is 1. The number of benzene rings is 1. The van der Waals surface area contributed by atoms with Gasteiger partial charge in [0.15, 0.2) is 0 Å². The summed E-state index contributed by atoms with van der Waals surface area (Å²) in [6.45, 7) is 4.07. The number of hydrogen-bond donors (Lipinski definition) is 2. The van der Waals surface area contributed by atoms with Gasteiger partial charge in [0.2, 0.25) is 5.91 Å². The summed E-state index contributed by atoms with van der Waals surface area (Å²) in [6, 6.07) is 9.91. The first-order chi connectivity index (χ1) is 13.0. The zero-order valence-corrected chi connectivity index (χ0v) is 16.1. The number of nitrogens with one attached hydrogen (secondary N) is 2. The molecular weight excluding hydrogens is 360 g/mol. The van der Waals surface area contributed by atoms with E-state index >= 15 is 0 Å². The average molecular weight is 380 g/mol. The van der Waals surface area contributed by atoms with E-state index in [-0.39, 0.29) is 17.0 Å². The van der Waals surface area contributed by atoms with E-state index in [0.717, 1.165) is 20.8 Å². The van der Waals surface area contributed by atoms with Crippen LogP contribution in [0, 0.1) is 25.2 Å². The van der Waals surface area contributed by atoms with Gasteiger partial charge in [-0.1, -0.05) is 12.1 Å². The highest BCUT2D eigenvalue weighted by molar-refractivity contribution is 7.18. The Kier molecular flexibility index (Phi) is 5.67. The van der Waals surface area contributed by atoms with Crippen molar-refractivity contribution in [2.24, 2.45) is 0 Å². The minimum Gasteiger partial charge on any atom is -0.356 e. The number of aromatic nitrogens is 2. The molecule has 1 aromatic carbocycles. The molecule has 138 valence electrons. The maximum atomic E-state index is 12.2. The van der Waals surface area contributed by atoms with Crippen molar-refractivity contribution in [1.29, 1.82) is 5.26 Å². The van der Waals surface area contributed by atoms with Crippen molar-refractivity contribution < 1.29 is 4.79 Å². The molecule has 3 aromatic rings. The van der Waals surface area contributed by atoms with Gasteiger partial charge in [0.25, 0.3) is 5.56 Å². The van der Waals surface area contributed by atoms with E-state index in [2.05, 4.69) is 15.3 Å². The van der Waals surface area contributed by atoms with Crippen molar-refractivity contribution >= 4 is 27.5 Å². The third kappa shape index (κ3) is 4.23. The van der Waals surface area contributed by atoms with Gasteiger partial charge in [-0.2, -0.15) is 5.26 Å². The fourth-order valence-corrected chi connectivity index (χ4v) is 4.05. The number of fused-ring (bicyclic) bond motifs is 1. The van der Waals surface area contributed by atoms with Crippen molar-refractivity contribution in [3.05, 3.63) is 62.0 Å². The molecule has 0 aliphatic carbocycles. The highest BCUT2D eigenvalue weighted by Crippen LogP contribution is 2.21. The first kappa shape index (κ1) is 18.8. The van der Waals surface area contributed by atoms with Crippen LogP contribution in [0.2, 0.25) is 0 Å². The standard InChI is InChI=1S/C20H20N4O2S/c1-12-14(13(2)23-20(26)15(12)11-21)7-8-18(25)22-10-9-19-24-16-5-3-4-6-17(16)27-19/h3-6H,7-10H2,1-2H3,(H,22,25)(H,23,26). The van der Waals surface area contributed by atoms with Crippen molar-refractivity contribution in [2.75, 3.05) is 6.54 Å². The summed E-state index contributed by atoms with van der Waals surface area (Å²) in [4.78, 5) is 31.2. The number of para-hydroxylation sites is 1. The molecule has 7 heteroatoms. The number of carbonyl (C=O) groups excluding carboxylic acids is 1. The number of aromatic amines is 1. The molecule has 27 heavy (non-hydrogen) atoms. The lowest BCUT2D eigenvalue weighted by atomic mass is 9.99. The van der Waals surface area contributed by atoms with E-state index in [0.29, 0.717) is 37.1 Å². The highest BCUT2D eigenvalue weighted by atomic mass is 32.1. The van der Waals surface area contributed by atoms with Crippen LogP contribution in [0.25, 0.3) is 10.2 Å². The maximum Gasteiger partial charge on any atom is 0.266 e. The van der Waals surface area contributed by atoms with E-state index in [1.54, 1.807) is 25.2 Å². The number of H-pyrrole nitrogens is 1. The Labute approximate surface area is 160 Å². The summed E-state index contributed by atoms with van der Waals surface area (Å²) in [5, 5.41) is 13.0. The SMILES string of the molecule is Cc1[nH]c(=O)c(C#N)c(C)c1CCC(=O)NCCc1nc2ccccc2s1. The zero-order valence-electron chi connectivity index (χ0n) is 15.3. The van der Waals surface area contributed by atoms with Gasteiger partial charge in [0.1, 0.15) is 11.6 Å². The number of thiazole rings is 1. The predicted octanol–water partition coefficient (Wildman–Crippen LogP) is 2.76. The molecule has 0 bridgehead atoms. The zero-order chi connectivity index (χ0) is 19.4. The summed E-state index contributed by atoms with van der Waals surface area (Å²) >= 11 is 1.64. The second kappa shape index (κ2) is 8.14. The molecule has 2 aromatic heterocycles. The minimum absolute atomic E-state index is 0.0559. The Morgan fingerprint density at radius 1 is 1.30 bits per heavy atom. The Morgan fingerprint density at radius 3 is 2.81 bits per heavy atom. The van der Waals surface area contributed by atoms with E-state index in [1.807, 2.05) is 30.3 Å². The van der Waals surface area contributed by atoms with Crippen LogP contribution in [0.15, 0.2) is 29.1 Å². The highest BCUT2D eigenvalue weighted by Gasteiger charge is 2.13. The molecule has 3 rings (SSSR count). The van der Waals surface area contributed by atoms with Gasteiger partial charge >= 0.3 is 0 Å². The van der Waals surface area contributed by atoms with Gasteiger partial charge in [0.05, 0.1) is 15.2 Å². The van der Waals surface area contributed by atoms with Crippen LogP contribution >= 0.6 is 11.3 Å². The number of rotatable bonds is 6. The number of aryl methyl sites for hydroxylation is 1. The average Bonchev–Trinajstić information content (AvgIpc) is 3.04. The van der Waals surface area contributed by atoms with Gasteiger partial charge < -0.3 is 10.3 Å². The first-order valence-corrected chi connectivity index (χ1v) is 9.55. The maximum absolute atomic E-state index is 12.2. The van der Waals surface area contributed by atoms with Crippen LogP contribution in [0.5, 0.6) is 0 Å². The lowest BCUT2D eigenvalue weighted by Gasteiger charge is -2.10. The fourth-order valence-electron chi connectivity index (χ4n) is 3.08. The summed E-state index contributed by atoms with van der Waals surface area (Å²) in [5.74, 6) is -0.0559. The van der Waals surface area contributed by atoms with Gasteiger partial charge in [-0.05, 0) is 43.5 Å². The molecule has 0 saturated heterocycles. The van der Waals surface area contributed by atoms with Crippen molar-refractivity contribution in [3.63, 3.8) is 0 Å². The quantitative estimate of drug-likeness (QED) is 0.687. The molecule has 2 N–H and O–H groups in total. The number of nitriles is 1. The number of nitrogens with zero attached hydrogens (tertiary/aromatic N) is 2.